The summed E-state index contributed by atoms with van der Waals surface area (Å²) in [4.78, 5) is 13.6. The molecule has 0 aliphatic carbocycles. The summed E-state index contributed by atoms with van der Waals surface area (Å²) in [6.45, 7) is 5.29. The van der Waals surface area contributed by atoms with Gasteiger partial charge in [0.1, 0.15) is 0 Å². The highest BCUT2D eigenvalue weighted by Gasteiger charge is 2.20. The Bertz CT molecular complexity index is 447. The van der Waals surface area contributed by atoms with Crippen molar-refractivity contribution in [2.45, 2.75) is 18.9 Å². The lowest BCUT2D eigenvalue weighted by Crippen LogP contribution is -2.47. The molecule has 1 saturated heterocycles. The van der Waals surface area contributed by atoms with Gasteiger partial charge in [0.05, 0.1) is 0 Å². The molecule has 4 heteroatoms. The van der Waals surface area contributed by atoms with Crippen LogP contribution in [0.25, 0.3) is 0 Å². The standard InChI is InChI=1S/C14H17ClN2O/c1-2-14(18)16-12-6-4-8-17(10-12)13-7-3-5-11(15)9-13/h2-3,5,7,9,12H,1,4,6,8,10H2,(H,16,18). The Morgan fingerprint density at radius 1 is 1.56 bits per heavy atom. The van der Waals surface area contributed by atoms with Gasteiger partial charge in [0, 0.05) is 29.8 Å². The molecule has 1 aromatic rings. The smallest absolute Gasteiger partial charge is 0.243 e. The molecule has 0 bridgehead atoms. The van der Waals surface area contributed by atoms with Gasteiger partial charge in [0.2, 0.25) is 5.91 Å². The Labute approximate surface area is 112 Å². The second-order valence-electron chi connectivity index (χ2n) is 4.48. The van der Waals surface area contributed by atoms with Crippen LogP contribution in [0.4, 0.5) is 5.69 Å². The molecule has 3 nitrogen and oxygen atoms in total. The summed E-state index contributed by atoms with van der Waals surface area (Å²) in [6.07, 6.45) is 3.39. The number of benzene rings is 1. The van der Waals surface area contributed by atoms with Crippen molar-refractivity contribution < 1.29 is 4.79 Å². The van der Waals surface area contributed by atoms with Gasteiger partial charge in [-0.3, -0.25) is 4.79 Å². The fourth-order valence-electron chi connectivity index (χ4n) is 2.26. The van der Waals surface area contributed by atoms with Gasteiger partial charge in [0.25, 0.3) is 0 Å². The van der Waals surface area contributed by atoms with E-state index in [1.807, 2.05) is 24.3 Å². The molecule has 1 atom stereocenters. The molecular formula is C14H17ClN2O. The maximum absolute atomic E-state index is 11.3. The lowest BCUT2D eigenvalue weighted by atomic mass is 10.0. The van der Waals surface area contributed by atoms with Crippen molar-refractivity contribution >= 4 is 23.2 Å². The first-order valence-corrected chi connectivity index (χ1v) is 6.50. The predicted octanol–water partition coefficient (Wildman–Crippen LogP) is 2.61. The lowest BCUT2D eigenvalue weighted by Gasteiger charge is -2.34. The zero-order valence-corrected chi connectivity index (χ0v) is 11.0. The zero-order chi connectivity index (χ0) is 13.0. The molecule has 1 aliphatic heterocycles. The number of hydrogen-bond acceptors (Lipinski definition) is 2. The topological polar surface area (TPSA) is 32.3 Å². The summed E-state index contributed by atoms with van der Waals surface area (Å²) in [6, 6.07) is 8.00. The molecule has 1 amide bonds. The Morgan fingerprint density at radius 2 is 2.39 bits per heavy atom. The molecule has 1 heterocycles. The second-order valence-corrected chi connectivity index (χ2v) is 4.91. The van der Waals surface area contributed by atoms with E-state index < -0.39 is 0 Å². The maximum atomic E-state index is 11.3. The molecule has 1 aliphatic rings. The Hall–Kier alpha value is -1.48. The predicted molar refractivity (Wildman–Crippen MR) is 75.0 cm³/mol. The quantitative estimate of drug-likeness (QED) is 0.852. The first-order chi connectivity index (χ1) is 8.69. The number of rotatable bonds is 3. The molecule has 0 aromatic heterocycles. The van der Waals surface area contributed by atoms with Crippen molar-refractivity contribution in [3.05, 3.63) is 41.9 Å². The van der Waals surface area contributed by atoms with E-state index in [0.29, 0.717) is 0 Å². The molecule has 2 rings (SSSR count). The van der Waals surface area contributed by atoms with Crippen molar-refractivity contribution in [3.63, 3.8) is 0 Å². The second kappa shape index (κ2) is 5.91. The molecule has 1 aromatic carbocycles. The van der Waals surface area contributed by atoms with Crippen molar-refractivity contribution in [2.24, 2.45) is 0 Å². The number of halogens is 1. The average molecular weight is 265 g/mol. The van der Waals surface area contributed by atoms with Crippen LogP contribution in [0.2, 0.25) is 5.02 Å². The van der Waals surface area contributed by atoms with Crippen LogP contribution in [0.15, 0.2) is 36.9 Å². The van der Waals surface area contributed by atoms with Crippen molar-refractivity contribution in [2.75, 3.05) is 18.0 Å². The highest BCUT2D eigenvalue weighted by atomic mass is 35.5. The summed E-state index contributed by atoms with van der Waals surface area (Å²) >= 11 is 6.00. The largest absolute Gasteiger partial charge is 0.369 e. The molecule has 0 saturated carbocycles. The van der Waals surface area contributed by atoms with Gasteiger partial charge in [-0.25, -0.2) is 0 Å². The number of nitrogens with one attached hydrogen (secondary N) is 1. The van der Waals surface area contributed by atoms with Gasteiger partial charge < -0.3 is 10.2 Å². The van der Waals surface area contributed by atoms with Gasteiger partial charge >= 0.3 is 0 Å². The highest BCUT2D eigenvalue weighted by molar-refractivity contribution is 6.30. The first kappa shape index (κ1) is 13.0. The van der Waals surface area contributed by atoms with Gasteiger partial charge in [-0.2, -0.15) is 0 Å². The molecule has 0 spiro atoms. The fourth-order valence-corrected chi connectivity index (χ4v) is 2.45. The number of nitrogens with zero attached hydrogens (tertiary/aromatic N) is 1. The minimum Gasteiger partial charge on any atom is -0.369 e. The van der Waals surface area contributed by atoms with Crippen LogP contribution < -0.4 is 10.2 Å². The molecule has 1 N–H and O–H groups in total. The van der Waals surface area contributed by atoms with Gasteiger partial charge in [-0.1, -0.05) is 24.2 Å². The van der Waals surface area contributed by atoms with E-state index in [1.165, 1.54) is 6.08 Å². The third-order valence-corrected chi connectivity index (χ3v) is 3.36. The maximum Gasteiger partial charge on any atom is 0.243 e. The molecule has 18 heavy (non-hydrogen) atoms. The number of carbonyl (C=O) groups is 1. The van der Waals surface area contributed by atoms with Crippen molar-refractivity contribution in [3.8, 4) is 0 Å². The summed E-state index contributed by atoms with van der Waals surface area (Å²) in [7, 11) is 0. The van der Waals surface area contributed by atoms with Crippen LogP contribution in [0.1, 0.15) is 12.8 Å². The van der Waals surface area contributed by atoms with Crippen molar-refractivity contribution in [1.82, 2.24) is 5.32 Å². The summed E-state index contributed by atoms with van der Waals surface area (Å²) < 4.78 is 0. The van der Waals surface area contributed by atoms with E-state index in [4.69, 9.17) is 11.6 Å². The highest BCUT2D eigenvalue weighted by Crippen LogP contribution is 2.23. The van der Waals surface area contributed by atoms with E-state index in [0.717, 1.165) is 36.6 Å². The normalized spacial score (nSPS) is 19.4. The Morgan fingerprint density at radius 3 is 3.11 bits per heavy atom. The number of carbonyl (C=O) groups excluding carboxylic acids is 1. The van der Waals surface area contributed by atoms with E-state index in [1.54, 1.807) is 0 Å². The van der Waals surface area contributed by atoms with E-state index in [-0.39, 0.29) is 11.9 Å². The summed E-state index contributed by atoms with van der Waals surface area (Å²) in [5, 5.41) is 3.69. The molecule has 1 fully saturated rings. The molecular weight excluding hydrogens is 248 g/mol. The van der Waals surface area contributed by atoms with Crippen LogP contribution in [-0.4, -0.2) is 25.0 Å². The van der Waals surface area contributed by atoms with Crippen LogP contribution in [-0.2, 0) is 4.79 Å². The number of hydrogen-bond donors (Lipinski definition) is 1. The van der Waals surface area contributed by atoms with E-state index >= 15 is 0 Å². The van der Waals surface area contributed by atoms with Crippen molar-refractivity contribution in [1.29, 1.82) is 0 Å². The summed E-state index contributed by atoms with van der Waals surface area (Å²) in [5.41, 5.74) is 1.11. The number of amides is 1. The SMILES string of the molecule is C=CC(=O)NC1CCCN(c2cccc(Cl)c2)C1. The Kier molecular flexibility index (Phi) is 4.26. The Balaban J connectivity index is 2.02. The minimum absolute atomic E-state index is 0.104. The molecule has 0 radical (unpaired) electrons. The van der Waals surface area contributed by atoms with E-state index in [9.17, 15) is 4.79 Å². The molecule has 1 unspecified atom stereocenters. The average Bonchev–Trinajstić information content (AvgIpc) is 2.39. The monoisotopic (exact) mass is 264 g/mol. The lowest BCUT2D eigenvalue weighted by molar-refractivity contribution is -0.117. The van der Waals surface area contributed by atoms with Gasteiger partial charge in [-0.15, -0.1) is 0 Å². The zero-order valence-electron chi connectivity index (χ0n) is 10.2. The molecule has 96 valence electrons. The van der Waals surface area contributed by atoms with Gasteiger partial charge in [0.15, 0.2) is 0 Å². The third-order valence-electron chi connectivity index (χ3n) is 3.13. The van der Waals surface area contributed by atoms with Gasteiger partial charge in [-0.05, 0) is 37.1 Å². The van der Waals surface area contributed by atoms with Crippen LogP contribution >= 0.6 is 11.6 Å². The fraction of sp³-hybridized carbons (Fsp3) is 0.357. The van der Waals surface area contributed by atoms with Crippen LogP contribution in [0, 0.1) is 0 Å². The van der Waals surface area contributed by atoms with E-state index in [2.05, 4.69) is 16.8 Å². The number of piperidine rings is 1. The van der Waals surface area contributed by atoms with Crippen LogP contribution in [0.3, 0.4) is 0 Å². The summed E-state index contributed by atoms with van der Waals surface area (Å²) in [5.74, 6) is -0.104. The number of anilines is 1. The first-order valence-electron chi connectivity index (χ1n) is 6.12. The third kappa shape index (κ3) is 3.26. The van der Waals surface area contributed by atoms with Crippen LogP contribution in [0.5, 0.6) is 0 Å². The minimum atomic E-state index is -0.104.